The first-order valence-corrected chi connectivity index (χ1v) is 8.42. The molecule has 7 heteroatoms. The van der Waals surface area contributed by atoms with Crippen molar-refractivity contribution in [3.8, 4) is 17.1 Å². The first-order valence-electron chi connectivity index (χ1n) is 6.87. The van der Waals surface area contributed by atoms with Gasteiger partial charge in [-0.15, -0.1) is 0 Å². The van der Waals surface area contributed by atoms with Crippen molar-refractivity contribution in [1.29, 1.82) is 0 Å². The van der Waals surface area contributed by atoms with Crippen molar-refractivity contribution >= 4 is 10.0 Å². The van der Waals surface area contributed by atoms with Gasteiger partial charge in [-0.25, -0.2) is 18.1 Å². The highest BCUT2D eigenvalue weighted by Crippen LogP contribution is 2.21. The van der Waals surface area contributed by atoms with Gasteiger partial charge in [-0.1, -0.05) is 6.07 Å². The molecule has 1 N–H and O–H groups in total. The molecule has 0 aliphatic heterocycles. The summed E-state index contributed by atoms with van der Waals surface area (Å²) in [6.45, 7) is 3.36. The van der Waals surface area contributed by atoms with Crippen LogP contribution in [-0.2, 0) is 16.6 Å². The zero-order valence-corrected chi connectivity index (χ0v) is 13.6. The molecule has 0 aromatic carbocycles. The molecule has 22 heavy (non-hydrogen) atoms. The lowest BCUT2D eigenvalue weighted by molar-refractivity contribution is 0.413. The maximum atomic E-state index is 11.8. The van der Waals surface area contributed by atoms with E-state index in [1.54, 1.807) is 39.3 Å². The fraction of sp³-hybridized carbons (Fsp3) is 0.333. The number of aromatic nitrogens is 2. The van der Waals surface area contributed by atoms with Crippen molar-refractivity contribution in [2.75, 3.05) is 7.11 Å². The van der Waals surface area contributed by atoms with Gasteiger partial charge in [0.05, 0.1) is 36.0 Å². The topological polar surface area (TPSA) is 81.2 Å². The monoisotopic (exact) mass is 321 g/mol. The molecule has 0 bridgehead atoms. The normalized spacial score (nSPS) is 11.6. The number of rotatable bonds is 6. The van der Waals surface area contributed by atoms with Gasteiger partial charge in [0.25, 0.3) is 0 Å². The lowest BCUT2D eigenvalue weighted by Crippen LogP contribution is -2.30. The lowest BCUT2D eigenvalue weighted by atomic mass is 10.2. The Hall–Kier alpha value is -1.99. The van der Waals surface area contributed by atoms with Crippen LogP contribution in [0.3, 0.4) is 0 Å². The average molecular weight is 321 g/mol. The molecular formula is C15H19N3O3S. The second-order valence-electron chi connectivity index (χ2n) is 5.01. The summed E-state index contributed by atoms with van der Waals surface area (Å²) in [5.41, 5.74) is 1.91. The van der Waals surface area contributed by atoms with Crippen molar-refractivity contribution in [3.05, 3.63) is 42.2 Å². The first kappa shape index (κ1) is 16.4. The van der Waals surface area contributed by atoms with E-state index in [9.17, 15) is 8.42 Å². The molecule has 0 saturated carbocycles. The van der Waals surface area contributed by atoms with Crippen LogP contribution in [0.4, 0.5) is 0 Å². The second kappa shape index (κ2) is 6.85. The molecule has 118 valence electrons. The summed E-state index contributed by atoms with van der Waals surface area (Å²) in [4.78, 5) is 8.69. The van der Waals surface area contributed by atoms with E-state index in [-0.39, 0.29) is 6.54 Å². The first-order chi connectivity index (χ1) is 10.4. The van der Waals surface area contributed by atoms with Crippen LogP contribution in [-0.4, -0.2) is 30.7 Å². The minimum Gasteiger partial charge on any atom is -0.497 e. The SMILES string of the molecule is COc1cc(CNS(=O)(=O)C(C)C)nc(-c2ccccn2)c1. The second-order valence-corrected chi connectivity index (χ2v) is 7.33. The van der Waals surface area contributed by atoms with E-state index in [1.807, 2.05) is 18.2 Å². The molecule has 0 fully saturated rings. The van der Waals surface area contributed by atoms with Crippen LogP contribution < -0.4 is 9.46 Å². The molecular weight excluding hydrogens is 302 g/mol. The fourth-order valence-electron chi connectivity index (χ4n) is 1.75. The van der Waals surface area contributed by atoms with E-state index < -0.39 is 15.3 Å². The molecule has 2 aromatic heterocycles. The Labute approximate surface area is 130 Å². The van der Waals surface area contributed by atoms with Crippen molar-refractivity contribution in [3.63, 3.8) is 0 Å². The minimum atomic E-state index is -3.34. The Morgan fingerprint density at radius 3 is 2.59 bits per heavy atom. The van der Waals surface area contributed by atoms with Gasteiger partial charge in [0.2, 0.25) is 10.0 Å². The maximum absolute atomic E-state index is 11.8. The quantitative estimate of drug-likeness (QED) is 0.880. The smallest absolute Gasteiger partial charge is 0.214 e. The van der Waals surface area contributed by atoms with Gasteiger partial charge in [-0.05, 0) is 26.0 Å². The van der Waals surface area contributed by atoms with E-state index in [0.717, 1.165) is 0 Å². The third-order valence-corrected chi connectivity index (χ3v) is 4.88. The van der Waals surface area contributed by atoms with Crippen LogP contribution in [0.2, 0.25) is 0 Å². The van der Waals surface area contributed by atoms with Crippen LogP contribution in [0.25, 0.3) is 11.4 Å². The fourth-order valence-corrected chi connectivity index (χ4v) is 2.44. The largest absolute Gasteiger partial charge is 0.497 e. The number of nitrogens with zero attached hydrogens (tertiary/aromatic N) is 2. The summed E-state index contributed by atoms with van der Waals surface area (Å²) in [6.07, 6.45) is 1.68. The van der Waals surface area contributed by atoms with Gasteiger partial charge in [-0.3, -0.25) is 4.98 Å². The summed E-state index contributed by atoms with van der Waals surface area (Å²) in [5.74, 6) is 0.606. The molecule has 0 aliphatic carbocycles. The third-order valence-electron chi connectivity index (χ3n) is 3.09. The van der Waals surface area contributed by atoms with Gasteiger partial charge in [0, 0.05) is 18.3 Å². The molecule has 0 amide bonds. The summed E-state index contributed by atoms with van der Waals surface area (Å²) in [7, 11) is -1.78. The van der Waals surface area contributed by atoms with E-state index in [1.165, 1.54) is 0 Å². The Morgan fingerprint density at radius 1 is 1.23 bits per heavy atom. The number of ether oxygens (including phenoxy) is 1. The maximum Gasteiger partial charge on any atom is 0.214 e. The highest BCUT2D eigenvalue weighted by molar-refractivity contribution is 7.90. The van der Waals surface area contributed by atoms with E-state index >= 15 is 0 Å². The summed E-state index contributed by atoms with van der Waals surface area (Å²) in [5, 5.41) is -0.492. The van der Waals surface area contributed by atoms with Crippen molar-refractivity contribution in [2.45, 2.75) is 25.6 Å². The van der Waals surface area contributed by atoms with E-state index in [2.05, 4.69) is 14.7 Å². The number of methoxy groups -OCH3 is 1. The molecule has 0 saturated heterocycles. The Bertz CT molecular complexity index is 731. The third kappa shape index (κ3) is 4.02. The predicted octanol–water partition coefficient (Wildman–Crippen LogP) is 1.98. The predicted molar refractivity (Wildman–Crippen MR) is 84.9 cm³/mol. The molecule has 0 atom stereocenters. The van der Waals surface area contributed by atoms with Crippen LogP contribution in [0.5, 0.6) is 5.75 Å². The zero-order valence-electron chi connectivity index (χ0n) is 12.8. The Balaban J connectivity index is 2.29. The van der Waals surface area contributed by atoms with Gasteiger partial charge in [-0.2, -0.15) is 0 Å². The summed E-state index contributed by atoms with van der Waals surface area (Å²) < 4.78 is 31.5. The van der Waals surface area contributed by atoms with E-state index in [0.29, 0.717) is 22.8 Å². The number of nitrogens with one attached hydrogen (secondary N) is 1. The van der Waals surface area contributed by atoms with Gasteiger partial charge < -0.3 is 4.74 Å². The molecule has 2 aromatic rings. The molecule has 6 nitrogen and oxygen atoms in total. The minimum absolute atomic E-state index is 0.109. The summed E-state index contributed by atoms with van der Waals surface area (Å²) >= 11 is 0. The standard InChI is InChI=1S/C15H19N3O3S/c1-11(2)22(19,20)17-10-12-8-13(21-3)9-15(18-12)14-6-4-5-7-16-14/h4-9,11,17H,10H2,1-3H3. The Morgan fingerprint density at radius 2 is 2.00 bits per heavy atom. The average Bonchev–Trinajstić information content (AvgIpc) is 2.53. The summed E-state index contributed by atoms with van der Waals surface area (Å²) in [6, 6.07) is 8.99. The van der Waals surface area contributed by atoms with Crippen molar-refractivity contribution in [2.24, 2.45) is 0 Å². The van der Waals surface area contributed by atoms with Crippen LogP contribution in [0.1, 0.15) is 19.5 Å². The van der Waals surface area contributed by atoms with Gasteiger partial charge in [0.15, 0.2) is 0 Å². The van der Waals surface area contributed by atoms with E-state index in [4.69, 9.17) is 4.74 Å². The van der Waals surface area contributed by atoms with Crippen molar-refractivity contribution in [1.82, 2.24) is 14.7 Å². The number of hydrogen-bond donors (Lipinski definition) is 1. The Kier molecular flexibility index (Phi) is 5.10. The molecule has 2 rings (SSSR count). The van der Waals surface area contributed by atoms with Crippen LogP contribution in [0.15, 0.2) is 36.5 Å². The number of pyridine rings is 2. The lowest BCUT2D eigenvalue weighted by Gasteiger charge is -2.11. The molecule has 0 spiro atoms. The molecule has 0 radical (unpaired) electrons. The highest BCUT2D eigenvalue weighted by atomic mass is 32.2. The number of hydrogen-bond acceptors (Lipinski definition) is 5. The van der Waals surface area contributed by atoms with Crippen LogP contribution >= 0.6 is 0 Å². The van der Waals surface area contributed by atoms with Crippen LogP contribution in [0, 0.1) is 0 Å². The van der Waals surface area contributed by atoms with Gasteiger partial charge >= 0.3 is 0 Å². The highest BCUT2D eigenvalue weighted by Gasteiger charge is 2.16. The molecule has 0 aliphatic rings. The number of sulfonamides is 1. The zero-order chi connectivity index (χ0) is 16.2. The molecule has 0 unspecified atom stereocenters. The molecule has 2 heterocycles. The van der Waals surface area contributed by atoms with Crippen molar-refractivity contribution < 1.29 is 13.2 Å². The van der Waals surface area contributed by atoms with Gasteiger partial charge in [0.1, 0.15) is 5.75 Å².